The first-order valence-electron chi connectivity index (χ1n) is 15.5. The molecule has 1 saturated heterocycles. The van der Waals surface area contributed by atoms with Crippen LogP contribution in [0, 0.1) is 5.92 Å². The number of piperidine rings is 1. The van der Waals surface area contributed by atoms with Gasteiger partial charge in [-0.25, -0.2) is 14.8 Å². The van der Waals surface area contributed by atoms with Gasteiger partial charge < -0.3 is 24.3 Å². The largest absolute Gasteiger partial charge is 0.497 e. The summed E-state index contributed by atoms with van der Waals surface area (Å²) >= 11 is 0. The molecule has 5 aromatic rings. The van der Waals surface area contributed by atoms with Gasteiger partial charge in [-0.3, -0.25) is 0 Å². The Bertz CT molecular complexity index is 1730. The highest BCUT2D eigenvalue weighted by Gasteiger charge is 2.27. The molecule has 0 unspecified atom stereocenters. The van der Waals surface area contributed by atoms with Gasteiger partial charge in [0.2, 0.25) is 0 Å². The molecule has 44 heavy (non-hydrogen) atoms. The van der Waals surface area contributed by atoms with Gasteiger partial charge >= 0.3 is 6.09 Å². The second-order valence-corrected chi connectivity index (χ2v) is 12.5. The average molecular weight is 592 g/mol. The molecule has 0 saturated carbocycles. The van der Waals surface area contributed by atoms with Crippen molar-refractivity contribution in [3.8, 4) is 17.1 Å². The number of carbonyl (C=O) groups is 1. The third kappa shape index (κ3) is 6.49. The second-order valence-electron chi connectivity index (χ2n) is 12.5. The highest BCUT2D eigenvalue weighted by atomic mass is 16.6. The summed E-state index contributed by atoms with van der Waals surface area (Å²) in [6.07, 6.45) is 2.71. The van der Waals surface area contributed by atoms with E-state index in [0.717, 1.165) is 89.4 Å². The van der Waals surface area contributed by atoms with Crippen molar-refractivity contribution in [3.05, 3.63) is 84.4 Å². The van der Waals surface area contributed by atoms with Crippen LogP contribution in [-0.2, 0) is 17.8 Å². The Morgan fingerprint density at radius 1 is 0.932 bits per heavy atom. The van der Waals surface area contributed by atoms with Gasteiger partial charge in [0.1, 0.15) is 22.7 Å². The Morgan fingerprint density at radius 2 is 1.64 bits per heavy atom. The number of nitrogens with zero attached hydrogens (tertiary/aromatic N) is 4. The number of hydrogen-bond donors (Lipinski definition) is 1. The van der Waals surface area contributed by atoms with Crippen molar-refractivity contribution in [2.24, 2.45) is 5.92 Å². The van der Waals surface area contributed by atoms with E-state index in [4.69, 9.17) is 19.4 Å². The van der Waals surface area contributed by atoms with E-state index >= 15 is 0 Å². The zero-order valence-electron chi connectivity index (χ0n) is 26.0. The maximum absolute atomic E-state index is 12.6. The number of benzene rings is 3. The van der Waals surface area contributed by atoms with Crippen LogP contribution in [-0.4, -0.2) is 51.3 Å². The van der Waals surface area contributed by atoms with Crippen LogP contribution < -0.4 is 10.1 Å². The second kappa shape index (κ2) is 12.6. The van der Waals surface area contributed by atoms with Gasteiger partial charge in [0, 0.05) is 37.1 Å². The first-order chi connectivity index (χ1) is 21.3. The number of aromatic nitrogens is 3. The quantitative estimate of drug-likeness (QED) is 0.198. The number of imidazole rings is 1. The molecule has 1 amide bonds. The lowest BCUT2D eigenvalue weighted by molar-refractivity contribution is 0.0180. The minimum atomic E-state index is -0.482. The molecule has 1 N–H and O–H groups in total. The van der Waals surface area contributed by atoms with Crippen LogP contribution in [0.5, 0.6) is 5.75 Å². The maximum atomic E-state index is 12.6. The Hall–Kier alpha value is -4.59. The highest BCUT2D eigenvalue weighted by Crippen LogP contribution is 2.35. The molecule has 3 aromatic carbocycles. The van der Waals surface area contributed by atoms with Gasteiger partial charge in [0.15, 0.2) is 5.82 Å². The van der Waals surface area contributed by atoms with E-state index in [0.29, 0.717) is 12.5 Å². The SMILES string of the molecule is COc1ccc(CNc2nc3ccccc3c3c2nc(-c2ccccc2)n3CCC2CCN(C(=O)OC(C)(C)C)CC2)cc1. The third-order valence-electron chi connectivity index (χ3n) is 8.26. The maximum Gasteiger partial charge on any atom is 0.410 e. The van der Waals surface area contributed by atoms with Gasteiger partial charge in [-0.15, -0.1) is 0 Å². The van der Waals surface area contributed by atoms with Crippen LogP contribution in [0.4, 0.5) is 10.6 Å². The van der Waals surface area contributed by atoms with E-state index in [-0.39, 0.29) is 6.09 Å². The molecule has 1 fully saturated rings. The molecule has 0 spiro atoms. The fourth-order valence-electron chi connectivity index (χ4n) is 5.96. The molecule has 8 heteroatoms. The fourth-order valence-corrected chi connectivity index (χ4v) is 5.96. The first kappa shape index (κ1) is 29.5. The topological polar surface area (TPSA) is 81.5 Å². The lowest BCUT2D eigenvalue weighted by Gasteiger charge is -2.33. The van der Waals surface area contributed by atoms with E-state index in [2.05, 4.69) is 64.5 Å². The van der Waals surface area contributed by atoms with Gasteiger partial charge in [0.25, 0.3) is 0 Å². The molecule has 228 valence electrons. The van der Waals surface area contributed by atoms with E-state index in [1.807, 2.05) is 49.9 Å². The number of methoxy groups -OCH3 is 1. The molecular weight excluding hydrogens is 550 g/mol. The number of ether oxygens (including phenoxy) is 2. The van der Waals surface area contributed by atoms with Crippen LogP contribution in [0.3, 0.4) is 0 Å². The third-order valence-corrected chi connectivity index (χ3v) is 8.26. The predicted octanol–water partition coefficient (Wildman–Crippen LogP) is 7.91. The average Bonchev–Trinajstić information content (AvgIpc) is 3.43. The number of nitrogens with one attached hydrogen (secondary N) is 1. The van der Waals surface area contributed by atoms with E-state index < -0.39 is 5.60 Å². The fraction of sp³-hybridized carbons (Fsp3) is 0.361. The molecule has 8 nitrogen and oxygen atoms in total. The molecular formula is C36H41N5O3. The minimum absolute atomic E-state index is 0.212. The number of anilines is 1. The number of carbonyl (C=O) groups excluding carboxylic acids is 1. The summed E-state index contributed by atoms with van der Waals surface area (Å²) < 4.78 is 13.3. The summed E-state index contributed by atoms with van der Waals surface area (Å²) in [5, 5.41) is 4.68. The van der Waals surface area contributed by atoms with Crippen LogP contribution in [0.25, 0.3) is 33.3 Å². The summed E-state index contributed by atoms with van der Waals surface area (Å²) in [6.45, 7) is 8.63. The zero-order chi connectivity index (χ0) is 30.7. The number of likely N-dealkylation sites (tertiary alicyclic amines) is 1. The first-order valence-corrected chi connectivity index (χ1v) is 15.5. The molecule has 2 aromatic heterocycles. The number of aryl methyl sites for hydroxylation is 1. The van der Waals surface area contributed by atoms with Gasteiger partial charge in [-0.05, 0) is 69.7 Å². The molecule has 1 aliphatic heterocycles. The van der Waals surface area contributed by atoms with E-state index in [1.54, 1.807) is 7.11 Å². The Kier molecular flexibility index (Phi) is 8.42. The number of fused-ring (bicyclic) bond motifs is 3. The molecule has 6 rings (SSSR count). The standard InChI is InChI=1S/C36H41N5O3/c1-36(2,3)44-35(42)40-21-18-25(19-22-40)20-23-41-32-29-12-8-9-13-30(29)38-33(37-24-26-14-16-28(43-4)17-15-26)31(32)39-34(41)27-10-6-5-7-11-27/h5-17,25H,18-24H2,1-4H3,(H,37,38). The van der Waals surface area contributed by atoms with E-state index in [9.17, 15) is 4.79 Å². The van der Waals surface area contributed by atoms with Crippen LogP contribution in [0.15, 0.2) is 78.9 Å². The van der Waals surface area contributed by atoms with Gasteiger partial charge in [-0.1, -0.05) is 60.7 Å². The van der Waals surface area contributed by atoms with Crippen molar-refractivity contribution >= 4 is 33.8 Å². The molecule has 0 bridgehead atoms. The van der Waals surface area contributed by atoms with Crippen molar-refractivity contribution in [1.82, 2.24) is 19.4 Å². The van der Waals surface area contributed by atoms with Gasteiger partial charge in [0.05, 0.1) is 18.1 Å². The van der Waals surface area contributed by atoms with Crippen LogP contribution in [0.1, 0.15) is 45.6 Å². The summed E-state index contributed by atoms with van der Waals surface area (Å²) in [6, 6.07) is 26.8. The molecule has 3 heterocycles. The van der Waals surface area contributed by atoms with Crippen molar-refractivity contribution in [3.63, 3.8) is 0 Å². The highest BCUT2D eigenvalue weighted by molar-refractivity contribution is 6.08. The van der Waals surface area contributed by atoms with Gasteiger partial charge in [-0.2, -0.15) is 0 Å². The number of rotatable bonds is 8. The summed E-state index contributed by atoms with van der Waals surface area (Å²) in [5.74, 6) is 3.06. The zero-order valence-corrected chi connectivity index (χ0v) is 26.0. The Morgan fingerprint density at radius 3 is 2.34 bits per heavy atom. The molecule has 0 atom stereocenters. The monoisotopic (exact) mass is 591 g/mol. The summed E-state index contributed by atoms with van der Waals surface area (Å²) in [4.78, 5) is 24.8. The van der Waals surface area contributed by atoms with E-state index in [1.165, 1.54) is 0 Å². The lowest BCUT2D eigenvalue weighted by atomic mass is 9.93. The van der Waals surface area contributed by atoms with Crippen molar-refractivity contribution in [2.75, 3.05) is 25.5 Å². The minimum Gasteiger partial charge on any atom is -0.497 e. The lowest BCUT2D eigenvalue weighted by Crippen LogP contribution is -2.41. The Labute approximate surface area is 259 Å². The molecule has 1 aliphatic rings. The molecule has 0 aliphatic carbocycles. The summed E-state index contributed by atoms with van der Waals surface area (Å²) in [5.41, 5.74) is 4.63. The molecule has 0 radical (unpaired) electrons. The number of pyridine rings is 1. The van der Waals surface area contributed by atoms with Crippen molar-refractivity contribution in [2.45, 2.75) is 58.7 Å². The van der Waals surface area contributed by atoms with Crippen molar-refractivity contribution < 1.29 is 14.3 Å². The smallest absolute Gasteiger partial charge is 0.410 e. The van der Waals surface area contributed by atoms with Crippen molar-refractivity contribution in [1.29, 1.82) is 0 Å². The predicted molar refractivity (Wildman–Crippen MR) is 176 cm³/mol. The van der Waals surface area contributed by atoms with Crippen LogP contribution >= 0.6 is 0 Å². The Balaban J connectivity index is 1.31. The normalized spacial score (nSPS) is 14.2. The summed E-state index contributed by atoms with van der Waals surface area (Å²) in [7, 11) is 1.68. The number of para-hydroxylation sites is 1. The van der Waals surface area contributed by atoms with Crippen LogP contribution in [0.2, 0.25) is 0 Å². The number of hydrogen-bond acceptors (Lipinski definition) is 6. The number of amides is 1.